The van der Waals surface area contributed by atoms with E-state index in [1.54, 1.807) is 24.5 Å². The molecular formula is C18H14FN3O. The number of imidazole rings is 1. The SMILES string of the molecule is O=C[C@H]1CCc2nc(-c3ccc(F)cc3)c(-c3ccncc3)n21. The molecule has 0 amide bonds. The molecule has 0 saturated carbocycles. The summed E-state index contributed by atoms with van der Waals surface area (Å²) in [4.78, 5) is 20.2. The van der Waals surface area contributed by atoms with Crippen molar-refractivity contribution in [2.45, 2.75) is 18.9 Å². The Bertz CT molecular complexity index is 856. The first kappa shape index (κ1) is 13.8. The lowest BCUT2D eigenvalue weighted by Crippen LogP contribution is -2.06. The molecule has 1 aromatic carbocycles. The summed E-state index contributed by atoms with van der Waals surface area (Å²) in [6, 6.07) is 9.88. The van der Waals surface area contributed by atoms with Gasteiger partial charge in [-0.05, 0) is 42.8 Å². The number of hydrogen-bond donors (Lipinski definition) is 0. The van der Waals surface area contributed by atoms with Crippen molar-refractivity contribution in [1.29, 1.82) is 0 Å². The zero-order valence-electron chi connectivity index (χ0n) is 12.3. The van der Waals surface area contributed by atoms with Gasteiger partial charge in [0, 0.05) is 29.9 Å². The van der Waals surface area contributed by atoms with Crippen LogP contribution in [-0.4, -0.2) is 20.8 Å². The van der Waals surface area contributed by atoms with Crippen molar-refractivity contribution >= 4 is 6.29 Å². The number of rotatable bonds is 3. The number of nitrogens with zero attached hydrogens (tertiary/aromatic N) is 3. The highest BCUT2D eigenvalue weighted by Crippen LogP contribution is 2.38. The molecule has 3 aromatic rings. The number of benzene rings is 1. The number of carbonyl (C=O) groups excluding carboxylic acids is 1. The Kier molecular flexibility index (Phi) is 3.26. The number of aldehydes is 1. The highest BCUT2D eigenvalue weighted by atomic mass is 19.1. The summed E-state index contributed by atoms with van der Waals surface area (Å²) in [6.07, 6.45) is 5.94. The monoisotopic (exact) mass is 307 g/mol. The highest BCUT2D eigenvalue weighted by molar-refractivity contribution is 5.80. The van der Waals surface area contributed by atoms with Gasteiger partial charge in [-0.25, -0.2) is 9.37 Å². The lowest BCUT2D eigenvalue weighted by molar-refractivity contribution is -0.110. The maximum Gasteiger partial charge on any atom is 0.142 e. The molecule has 0 bridgehead atoms. The molecule has 0 spiro atoms. The molecule has 0 aliphatic carbocycles. The molecule has 0 unspecified atom stereocenters. The summed E-state index contributed by atoms with van der Waals surface area (Å²) >= 11 is 0. The third kappa shape index (κ3) is 2.25. The largest absolute Gasteiger partial charge is 0.317 e. The summed E-state index contributed by atoms with van der Waals surface area (Å²) in [6.45, 7) is 0. The molecule has 4 rings (SSSR count). The fourth-order valence-electron chi connectivity index (χ4n) is 3.14. The van der Waals surface area contributed by atoms with E-state index in [2.05, 4.69) is 4.98 Å². The quantitative estimate of drug-likeness (QED) is 0.696. The predicted octanol–water partition coefficient (Wildman–Crippen LogP) is 3.44. The van der Waals surface area contributed by atoms with Crippen LogP contribution in [0.15, 0.2) is 48.8 Å². The topological polar surface area (TPSA) is 47.8 Å². The van der Waals surface area contributed by atoms with Gasteiger partial charge in [0.05, 0.1) is 17.4 Å². The van der Waals surface area contributed by atoms with Gasteiger partial charge in [0.25, 0.3) is 0 Å². The Hall–Kier alpha value is -2.82. The van der Waals surface area contributed by atoms with Crippen LogP contribution in [0.25, 0.3) is 22.5 Å². The Morgan fingerprint density at radius 2 is 1.83 bits per heavy atom. The minimum Gasteiger partial charge on any atom is -0.317 e. The highest BCUT2D eigenvalue weighted by Gasteiger charge is 2.29. The van der Waals surface area contributed by atoms with E-state index in [0.29, 0.717) is 0 Å². The van der Waals surface area contributed by atoms with E-state index < -0.39 is 0 Å². The van der Waals surface area contributed by atoms with E-state index in [4.69, 9.17) is 4.98 Å². The summed E-state index contributed by atoms with van der Waals surface area (Å²) in [7, 11) is 0. The normalized spacial score (nSPS) is 16.3. The second-order valence-corrected chi connectivity index (χ2v) is 5.58. The van der Waals surface area contributed by atoms with Gasteiger partial charge in [-0.3, -0.25) is 4.98 Å². The van der Waals surface area contributed by atoms with Gasteiger partial charge in [0.1, 0.15) is 17.9 Å². The van der Waals surface area contributed by atoms with Crippen LogP contribution in [0, 0.1) is 5.82 Å². The number of pyridine rings is 1. The minimum absolute atomic E-state index is 0.199. The summed E-state index contributed by atoms with van der Waals surface area (Å²) < 4.78 is 15.2. The molecule has 114 valence electrons. The van der Waals surface area contributed by atoms with Crippen LogP contribution in [0.2, 0.25) is 0 Å². The summed E-state index contributed by atoms with van der Waals surface area (Å²) in [5.41, 5.74) is 3.46. The fraction of sp³-hybridized carbons (Fsp3) is 0.167. The maximum absolute atomic E-state index is 13.2. The maximum atomic E-state index is 13.2. The van der Waals surface area contributed by atoms with Crippen LogP contribution in [0.5, 0.6) is 0 Å². The fourth-order valence-corrected chi connectivity index (χ4v) is 3.14. The van der Waals surface area contributed by atoms with E-state index in [9.17, 15) is 9.18 Å². The Morgan fingerprint density at radius 3 is 2.52 bits per heavy atom. The lowest BCUT2D eigenvalue weighted by Gasteiger charge is -2.12. The number of fused-ring (bicyclic) bond motifs is 1. The first-order valence-corrected chi connectivity index (χ1v) is 7.50. The van der Waals surface area contributed by atoms with Gasteiger partial charge >= 0.3 is 0 Å². The van der Waals surface area contributed by atoms with E-state index in [-0.39, 0.29) is 11.9 Å². The van der Waals surface area contributed by atoms with Crippen molar-refractivity contribution in [3.8, 4) is 22.5 Å². The zero-order valence-corrected chi connectivity index (χ0v) is 12.3. The van der Waals surface area contributed by atoms with Crippen molar-refractivity contribution in [3.63, 3.8) is 0 Å². The van der Waals surface area contributed by atoms with E-state index in [1.807, 2.05) is 16.7 Å². The number of halogens is 1. The van der Waals surface area contributed by atoms with Gasteiger partial charge in [0.15, 0.2) is 0 Å². The molecular weight excluding hydrogens is 293 g/mol. The molecule has 0 radical (unpaired) electrons. The number of hydrogen-bond acceptors (Lipinski definition) is 3. The first-order valence-electron chi connectivity index (χ1n) is 7.50. The van der Waals surface area contributed by atoms with Crippen LogP contribution < -0.4 is 0 Å². The number of carbonyl (C=O) groups is 1. The summed E-state index contributed by atoms with van der Waals surface area (Å²) in [5, 5.41) is 0. The molecule has 1 atom stereocenters. The van der Waals surface area contributed by atoms with Crippen LogP contribution in [-0.2, 0) is 11.2 Å². The van der Waals surface area contributed by atoms with Gasteiger partial charge < -0.3 is 9.36 Å². The van der Waals surface area contributed by atoms with Crippen LogP contribution >= 0.6 is 0 Å². The molecule has 4 nitrogen and oxygen atoms in total. The third-order valence-corrected chi connectivity index (χ3v) is 4.21. The number of aryl methyl sites for hydroxylation is 1. The van der Waals surface area contributed by atoms with E-state index >= 15 is 0 Å². The molecule has 0 N–H and O–H groups in total. The van der Waals surface area contributed by atoms with Gasteiger partial charge in [0.2, 0.25) is 0 Å². The third-order valence-electron chi connectivity index (χ3n) is 4.21. The molecule has 2 aromatic heterocycles. The average Bonchev–Trinajstić information content (AvgIpc) is 3.15. The first-order chi connectivity index (χ1) is 11.3. The number of aromatic nitrogens is 3. The zero-order chi connectivity index (χ0) is 15.8. The summed E-state index contributed by atoms with van der Waals surface area (Å²) in [5.74, 6) is 0.616. The van der Waals surface area contributed by atoms with Crippen LogP contribution in [0.3, 0.4) is 0 Å². The van der Waals surface area contributed by atoms with Crippen LogP contribution in [0.4, 0.5) is 4.39 Å². The minimum atomic E-state index is -0.281. The van der Waals surface area contributed by atoms with Crippen molar-refractivity contribution in [1.82, 2.24) is 14.5 Å². The molecule has 0 saturated heterocycles. The van der Waals surface area contributed by atoms with Crippen LogP contribution in [0.1, 0.15) is 18.3 Å². The Balaban J connectivity index is 1.97. The van der Waals surface area contributed by atoms with E-state index in [1.165, 1.54) is 12.1 Å². The lowest BCUT2D eigenvalue weighted by atomic mass is 10.0. The van der Waals surface area contributed by atoms with Crippen molar-refractivity contribution in [2.24, 2.45) is 0 Å². The second kappa shape index (κ2) is 5.43. The smallest absolute Gasteiger partial charge is 0.142 e. The Morgan fingerprint density at radius 1 is 1.09 bits per heavy atom. The molecule has 3 heterocycles. The van der Waals surface area contributed by atoms with E-state index in [0.717, 1.165) is 47.5 Å². The molecule has 23 heavy (non-hydrogen) atoms. The molecule has 1 aliphatic heterocycles. The molecule has 5 heteroatoms. The standard InChI is InChI=1S/C18H14FN3O/c19-14-3-1-12(2-4-14)17-18(13-7-9-20-10-8-13)22-15(11-23)5-6-16(22)21-17/h1-4,7-11,15H,5-6H2/t15-/m1/s1. The Labute approximate surface area is 132 Å². The van der Waals surface area contributed by atoms with Gasteiger partial charge in [-0.2, -0.15) is 0 Å². The van der Waals surface area contributed by atoms with Gasteiger partial charge in [-0.1, -0.05) is 0 Å². The second-order valence-electron chi connectivity index (χ2n) is 5.58. The molecule has 1 aliphatic rings. The molecule has 0 fully saturated rings. The average molecular weight is 307 g/mol. The van der Waals surface area contributed by atoms with Crippen molar-refractivity contribution in [3.05, 3.63) is 60.4 Å². The van der Waals surface area contributed by atoms with Crippen molar-refractivity contribution < 1.29 is 9.18 Å². The van der Waals surface area contributed by atoms with Crippen molar-refractivity contribution in [2.75, 3.05) is 0 Å². The van der Waals surface area contributed by atoms with Gasteiger partial charge in [-0.15, -0.1) is 0 Å². The predicted molar refractivity (Wildman–Crippen MR) is 84.3 cm³/mol.